The van der Waals surface area contributed by atoms with E-state index < -0.39 is 11.2 Å². The van der Waals surface area contributed by atoms with Gasteiger partial charge in [0.05, 0.1) is 18.6 Å². The minimum Gasteiger partial charge on any atom is -0.379 e. The van der Waals surface area contributed by atoms with Crippen LogP contribution in [0.5, 0.6) is 0 Å². The molecule has 0 radical (unpaired) electrons. The number of aryl methyl sites for hydroxylation is 1. The van der Waals surface area contributed by atoms with E-state index in [4.69, 9.17) is 10.5 Å². The molecule has 92 valence electrons. The maximum absolute atomic E-state index is 13.2. The lowest BCUT2D eigenvalue weighted by Gasteiger charge is -2.25. The molecule has 2 rings (SSSR count). The summed E-state index contributed by atoms with van der Waals surface area (Å²) in [6.07, 6.45) is 0. The van der Waals surface area contributed by atoms with Crippen molar-refractivity contribution in [2.24, 2.45) is 11.1 Å². The topological polar surface area (TPSA) is 52.3 Å². The van der Waals surface area contributed by atoms with Gasteiger partial charge in [0, 0.05) is 11.6 Å². The molecule has 0 aromatic heterocycles. The van der Waals surface area contributed by atoms with Crippen LogP contribution in [0.3, 0.4) is 0 Å². The molecule has 4 heteroatoms. The Hall–Kier alpha value is -1.26. The summed E-state index contributed by atoms with van der Waals surface area (Å²) >= 11 is 0. The van der Waals surface area contributed by atoms with Crippen molar-refractivity contribution in [2.45, 2.75) is 19.9 Å². The SMILES string of the molecule is Cc1ccc(F)cc1C(=O)C1(C)COCC1N. The zero-order valence-corrected chi connectivity index (χ0v) is 10.00. The van der Waals surface area contributed by atoms with E-state index in [2.05, 4.69) is 0 Å². The number of carbonyl (C=O) groups excluding carboxylic acids is 1. The van der Waals surface area contributed by atoms with Crippen molar-refractivity contribution >= 4 is 5.78 Å². The molecule has 0 bridgehead atoms. The van der Waals surface area contributed by atoms with Crippen molar-refractivity contribution in [1.82, 2.24) is 0 Å². The zero-order chi connectivity index (χ0) is 12.6. The molecule has 17 heavy (non-hydrogen) atoms. The highest BCUT2D eigenvalue weighted by atomic mass is 19.1. The molecular weight excluding hydrogens is 221 g/mol. The van der Waals surface area contributed by atoms with Crippen molar-refractivity contribution in [1.29, 1.82) is 0 Å². The van der Waals surface area contributed by atoms with E-state index in [-0.39, 0.29) is 11.8 Å². The average molecular weight is 237 g/mol. The molecule has 3 nitrogen and oxygen atoms in total. The molecule has 2 unspecified atom stereocenters. The first kappa shape index (κ1) is 12.2. The van der Waals surface area contributed by atoms with Crippen molar-refractivity contribution in [2.75, 3.05) is 13.2 Å². The monoisotopic (exact) mass is 237 g/mol. The summed E-state index contributed by atoms with van der Waals surface area (Å²) in [6, 6.07) is 3.89. The van der Waals surface area contributed by atoms with Gasteiger partial charge in [-0.15, -0.1) is 0 Å². The van der Waals surface area contributed by atoms with Crippen LogP contribution in [0.4, 0.5) is 4.39 Å². The van der Waals surface area contributed by atoms with Crippen LogP contribution in [0, 0.1) is 18.2 Å². The van der Waals surface area contributed by atoms with E-state index in [0.29, 0.717) is 18.8 Å². The second kappa shape index (κ2) is 4.20. The fourth-order valence-electron chi connectivity index (χ4n) is 2.07. The van der Waals surface area contributed by atoms with Crippen LogP contribution in [0.2, 0.25) is 0 Å². The number of hydrogen-bond donors (Lipinski definition) is 1. The van der Waals surface area contributed by atoms with Crippen LogP contribution in [0.25, 0.3) is 0 Å². The molecule has 1 fully saturated rings. The van der Waals surface area contributed by atoms with E-state index in [1.807, 2.05) is 0 Å². The molecule has 2 atom stereocenters. The Morgan fingerprint density at radius 3 is 2.88 bits per heavy atom. The van der Waals surface area contributed by atoms with Crippen molar-refractivity contribution < 1.29 is 13.9 Å². The van der Waals surface area contributed by atoms with E-state index in [0.717, 1.165) is 5.56 Å². The number of carbonyl (C=O) groups is 1. The van der Waals surface area contributed by atoms with Gasteiger partial charge in [-0.3, -0.25) is 4.79 Å². The summed E-state index contributed by atoms with van der Waals surface area (Å²) in [4.78, 5) is 12.4. The number of hydrogen-bond acceptors (Lipinski definition) is 3. The highest BCUT2D eigenvalue weighted by molar-refractivity contribution is 6.02. The molecule has 1 heterocycles. The van der Waals surface area contributed by atoms with Crippen LogP contribution >= 0.6 is 0 Å². The lowest BCUT2D eigenvalue weighted by atomic mass is 9.77. The van der Waals surface area contributed by atoms with E-state index in [1.165, 1.54) is 12.1 Å². The molecule has 0 amide bonds. The average Bonchev–Trinajstić information content (AvgIpc) is 2.63. The summed E-state index contributed by atoms with van der Waals surface area (Å²) in [5.74, 6) is -0.547. The molecule has 0 aliphatic carbocycles. The Bertz CT molecular complexity index is 461. The number of rotatable bonds is 2. The molecule has 1 aromatic carbocycles. The maximum Gasteiger partial charge on any atom is 0.173 e. The molecular formula is C13H16FNO2. The maximum atomic E-state index is 13.2. The number of benzene rings is 1. The van der Waals surface area contributed by atoms with Crippen molar-refractivity contribution in [3.63, 3.8) is 0 Å². The summed E-state index contributed by atoms with van der Waals surface area (Å²) < 4.78 is 18.4. The van der Waals surface area contributed by atoms with Gasteiger partial charge in [-0.2, -0.15) is 0 Å². The van der Waals surface area contributed by atoms with E-state index >= 15 is 0 Å². The Morgan fingerprint density at radius 2 is 2.29 bits per heavy atom. The zero-order valence-electron chi connectivity index (χ0n) is 10.00. The third-order valence-corrected chi connectivity index (χ3v) is 3.48. The molecule has 1 aromatic rings. The van der Waals surface area contributed by atoms with Crippen LogP contribution in [-0.4, -0.2) is 25.0 Å². The molecule has 0 spiro atoms. The first-order valence-electron chi connectivity index (χ1n) is 5.59. The standard InChI is InChI=1S/C13H16FNO2/c1-8-3-4-9(14)5-10(8)12(16)13(2)7-17-6-11(13)15/h3-5,11H,6-7,15H2,1-2H3. The Morgan fingerprint density at radius 1 is 1.59 bits per heavy atom. The van der Waals surface area contributed by atoms with Gasteiger partial charge in [-0.05, 0) is 31.5 Å². The van der Waals surface area contributed by atoms with Gasteiger partial charge in [0.25, 0.3) is 0 Å². The summed E-state index contributed by atoms with van der Waals surface area (Å²) in [6.45, 7) is 4.23. The van der Waals surface area contributed by atoms with E-state index in [1.54, 1.807) is 19.9 Å². The van der Waals surface area contributed by atoms with Gasteiger partial charge >= 0.3 is 0 Å². The molecule has 1 saturated heterocycles. The minimum absolute atomic E-state index is 0.139. The number of halogens is 1. The largest absolute Gasteiger partial charge is 0.379 e. The van der Waals surface area contributed by atoms with Gasteiger partial charge in [0.1, 0.15) is 5.82 Å². The van der Waals surface area contributed by atoms with Crippen LogP contribution in [0.1, 0.15) is 22.8 Å². The normalized spacial score (nSPS) is 28.4. The third-order valence-electron chi connectivity index (χ3n) is 3.48. The minimum atomic E-state index is -0.751. The summed E-state index contributed by atoms with van der Waals surface area (Å²) in [5, 5.41) is 0. The highest BCUT2D eigenvalue weighted by Crippen LogP contribution is 2.32. The predicted octanol–water partition coefficient (Wildman–Crippen LogP) is 1.68. The Kier molecular flexibility index (Phi) is 3.02. The van der Waals surface area contributed by atoms with Crippen molar-refractivity contribution in [3.05, 3.63) is 35.1 Å². The molecule has 0 saturated carbocycles. The number of nitrogens with two attached hydrogens (primary N) is 1. The van der Waals surface area contributed by atoms with E-state index in [9.17, 15) is 9.18 Å². The second-order valence-electron chi connectivity index (χ2n) is 4.83. The van der Waals surface area contributed by atoms with Gasteiger partial charge in [0.15, 0.2) is 5.78 Å². The Balaban J connectivity index is 2.40. The van der Waals surface area contributed by atoms with Crippen LogP contribution in [0.15, 0.2) is 18.2 Å². The summed E-state index contributed by atoms with van der Waals surface area (Å²) in [7, 11) is 0. The van der Waals surface area contributed by atoms with Gasteiger partial charge in [0.2, 0.25) is 0 Å². The van der Waals surface area contributed by atoms with Crippen molar-refractivity contribution in [3.8, 4) is 0 Å². The van der Waals surface area contributed by atoms with Gasteiger partial charge in [-0.25, -0.2) is 4.39 Å². The molecule has 1 aliphatic heterocycles. The smallest absolute Gasteiger partial charge is 0.173 e. The second-order valence-corrected chi connectivity index (χ2v) is 4.83. The number of ether oxygens (including phenoxy) is 1. The first-order valence-corrected chi connectivity index (χ1v) is 5.59. The van der Waals surface area contributed by atoms with Crippen LogP contribution < -0.4 is 5.73 Å². The fraction of sp³-hybridized carbons (Fsp3) is 0.462. The van der Waals surface area contributed by atoms with Gasteiger partial charge < -0.3 is 10.5 Å². The Labute approximate surface area is 99.8 Å². The van der Waals surface area contributed by atoms with Gasteiger partial charge in [-0.1, -0.05) is 6.07 Å². The molecule has 2 N–H and O–H groups in total. The number of ketones is 1. The first-order chi connectivity index (χ1) is 7.95. The fourth-order valence-corrected chi connectivity index (χ4v) is 2.07. The molecule has 1 aliphatic rings. The van der Waals surface area contributed by atoms with Crippen LogP contribution in [-0.2, 0) is 4.74 Å². The highest BCUT2D eigenvalue weighted by Gasteiger charge is 2.44. The number of Topliss-reactive ketones (excluding diaryl/α,β-unsaturated/α-hetero) is 1. The third kappa shape index (κ3) is 1.98. The predicted molar refractivity (Wildman–Crippen MR) is 62.4 cm³/mol. The summed E-state index contributed by atoms with van der Waals surface area (Å²) in [5.41, 5.74) is 6.31. The lowest BCUT2D eigenvalue weighted by Crippen LogP contribution is -2.44. The lowest BCUT2D eigenvalue weighted by molar-refractivity contribution is 0.0766. The quantitative estimate of drug-likeness (QED) is 0.796.